The number of nitrogen functional groups attached to an aromatic ring is 2. The van der Waals surface area contributed by atoms with Gasteiger partial charge in [-0.15, -0.1) is 0 Å². The second-order valence-corrected chi connectivity index (χ2v) is 4.77. The average molecular weight is 277 g/mol. The monoisotopic (exact) mass is 277 g/mol. The van der Waals surface area contributed by atoms with E-state index in [2.05, 4.69) is 15.0 Å². The third-order valence-electron chi connectivity index (χ3n) is 3.33. The molecule has 0 saturated carbocycles. The van der Waals surface area contributed by atoms with Crippen LogP contribution in [0.3, 0.4) is 0 Å². The van der Waals surface area contributed by atoms with Gasteiger partial charge in [0, 0.05) is 35.5 Å². The van der Waals surface area contributed by atoms with Crippen molar-refractivity contribution in [2.75, 3.05) is 11.5 Å². The molecule has 1 aromatic carbocycles. The van der Waals surface area contributed by atoms with Gasteiger partial charge in [-0.2, -0.15) is 0 Å². The van der Waals surface area contributed by atoms with Crippen molar-refractivity contribution in [1.82, 2.24) is 15.0 Å². The van der Waals surface area contributed by atoms with Crippen molar-refractivity contribution in [3.8, 4) is 22.6 Å². The maximum atomic E-state index is 6.13. The van der Waals surface area contributed by atoms with Crippen LogP contribution in [0.4, 0.5) is 11.4 Å². The number of nitrogens with zero attached hydrogens (tertiary/aromatic N) is 3. The van der Waals surface area contributed by atoms with Crippen molar-refractivity contribution < 1.29 is 0 Å². The van der Waals surface area contributed by atoms with E-state index in [1.807, 2.05) is 37.3 Å². The second kappa shape index (κ2) is 5.20. The van der Waals surface area contributed by atoms with E-state index >= 15 is 0 Å². The average Bonchev–Trinajstić information content (AvgIpc) is 2.53. The van der Waals surface area contributed by atoms with Crippen LogP contribution in [-0.2, 0) is 0 Å². The number of benzene rings is 1. The van der Waals surface area contributed by atoms with Crippen molar-refractivity contribution in [3.63, 3.8) is 0 Å². The molecule has 0 aliphatic rings. The Morgan fingerprint density at radius 3 is 2.62 bits per heavy atom. The zero-order valence-corrected chi connectivity index (χ0v) is 11.6. The number of pyridine rings is 1. The first-order chi connectivity index (χ1) is 10.2. The summed E-state index contributed by atoms with van der Waals surface area (Å²) in [6.45, 7) is 1.93. The fraction of sp³-hybridized carbons (Fsp3) is 0.0625. The highest BCUT2D eigenvalue weighted by Crippen LogP contribution is 2.32. The summed E-state index contributed by atoms with van der Waals surface area (Å²) in [4.78, 5) is 13.0. The number of aromatic nitrogens is 3. The molecule has 5 heteroatoms. The summed E-state index contributed by atoms with van der Waals surface area (Å²) in [5.41, 5.74) is 16.7. The standard InChI is InChI=1S/C16H15N5/c1-10-4-5-12(17)14(15(10)18)16-20-8-6-13(21-16)11-3-2-7-19-9-11/h2-9H,17-18H2,1H3. The van der Waals surface area contributed by atoms with E-state index in [9.17, 15) is 0 Å². The first kappa shape index (κ1) is 13.1. The minimum absolute atomic E-state index is 0.523. The summed E-state index contributed by atoms with van der Waals surface area (Å²) in [5.74, 6) is 0.523. The third-order valence-corrected chi connectivity index (χ3v) is 3.33. The van der Waals surface area contributed by atoms with Crippen LogP contribution >= 0.6 is 0 Å². The molecule has 0 spiro atoms. The lowest BCUT2D eigenvalue weighted by Crippen LogP contribution is -2.02. The van der Waals surface area contributed by atoms with E-state index in [0.717, 1.165) is 16.8 Å². The highest BCUT2D eigenvalue weighted by Gasteiger charge is 2.13. The molecule has 104 valence electrons. The van der Waals surface area contributed by atoms with E-state index in [0.29, 0.717) is 22.8 Å². The lowest BCUT2D eigenvalue weighted by Gasteiger charge is -2.11. The summed E-state index contributed by atoms with van der Waals surface area (Å²) in [6, 6.07) is 9.36. The summed E-state index contributed by atoms with van der Waals surface area (Å²) < 4.78 is 0. The molecule has 2 aromatic heterocycles. The maximum Gasteiger partial charge on any atom is 0.163 e. The van der Waals surface area contributed by atoms with E-state index in [4.69, 9.17) is 11.5 Å². The Balaban J connectivity index is 2.16. The fourth-order valence-corrected chi connectivity index (χ4v) is 2.14. The Labute approximate surface area is 122 Å². The van der Waals surface area contributed by atoms with E-state index in [1.54, 1.807) is 18.6 Å². The molecule has 0 saturated heterocycles. The van der Waals surface area contributed by atoms with Gasteiger partial charge in [-0.25, -0.2) is 9.97 Å². The molecule has 0 bridgehead atoms. The number of rotatable bonds is 2. The molecule has 0 atom stereocenters. The molecule has 0 unspecified atom stereocenters. The van der Waals surface area contributed by atoms with Crippen molar-refractivity contribution in [1.29, 1.82) is 0 Å². The van der Waals surface area contributed by atoms with Gasteiger partial charge >= 0.3 is 0 Å². The number of nitrogens with two attached hydrogens (primary N) is 2. The number of aryl methyl sites for hydroxylation is 1. The molecule has 2 heterocycles. The minimum Gasteiger partial charge on any atom is -0.398 e. The largest absolute Gasteiger partial charge is 0.398 e. The molecule has 0 aliphatic carbocycles. The van der Waals surface area contributed by atoms with Crippen molar-refractivity contribution >= 4 is 11.4 Å². The van der Waals surface area contributed by atoms with E-state index in [-0.39, 0.29) is 0 Å². The van der Waals surface area contributed by atoms with Gasteiger partial charge in [-0.05, 0) is 36.8 Å². The highest BCUT2D eigenvalue weighted by atomic mass is 14.9. The van der Waals surface area contributed by atoms with Crippen LogP contribution in [0.15, 0.2) is 48.9 Å². The zero-order valence-electron chi connectivity index (χ0n) is 11.6. The van der Waals surface area contributed by atoms with Gasteiger partial charge in [0.05, 0.1) is 11.3 Å². The van der Waals surface area contributed by atoms with Crippen LogP contribution < -0.4 is 11.5 Å². The third kappa shape index (κ3) is 2.41. The normalized spacial score (nSPS) is 10.5. The quantitative estimate of drug-likeness (QED) is 0.703. The predicted molar refractivity (Wildman–Crippen MR) is 84.3 cm³/mol. The lowest BCUT2D eigenvalue weighted by atomic mass is 10.1. The molecule has 3 rings (SSSR count). The van der Waals surface area contributed by atoms with E-state index in [1.165, 1.54) is 0 Å². The zero-order chi connectivity index (χ0) is 14.8. The first-order valence-electron chi connectivity index (χ1n) is 6.55. The molecule has 3 aromatic rings. The van der Waals surface area contributed by atoms with Gasteiger partial charge in [0.2, 0.25) is 0 Å². The van der Waals surface area contributed by atoms with E-state index < -0.39 is 0 Å². The maximum absolute atomic E-state index is 6.13. The topological polar surface area (TPSA) is 90.7 Å². The summed E-state index contributed by atoms with van der Waals surface area (Å²) in [7, 11) is 0. The van der Waals surface area contributed by atoms with Crippen LogP contribution in [-0.4, -0.2) is 15.0 Å². The van der Waals surface area contributed by atoms with Crippen LogP contribution in [0, 0.1) is 6.92 Å². The van der Waals surface area contributed by atoms with Gasteiger partial charge in [0.15, 0.2) is 5.82 Å². The Hall–Kier alpha value is -2.95. The van der Waals surface area contributed by atoms with Crippen molar-refractivity contribution in [2.45, 2.75) is 6.92 Å². The molecule has 5 nitrogen and oxygen atoms in total. The van der Waals surface area contributed by atoms with Gasteiger partial charge in [-0.3, -0.25) is 4.98 Å². The molecule has 0 aliphatic heterocycles. The van der Waals surface area contributed by atoms with Crippen LogP contribution in [0.5, 0.6) is 0 Å². The lowest BCUT2D eigenvalue weighted by molar-refractivity contribution is 1.17. The SMILES string of the molecule is Cc1ccc(N)c(-c2nccc(-c3cccnc3)n2)c1N. The molecular weight excluding hydrogens is 262 g/mol. The Kier molecular flexibility index (Phi) is 3.23. The van der Waals surface area contributed by atoms with Crippen LogP contribution in [0.25, 0.3) is 22.6 Å². The molecule has 21 heavy (non-hydrogen) atoms. The smallest absolute Gasteiger partial charge is 0.163 e. The molecule has 0 radical (unpaired) electrons. The Bertz CT molecular complexity index is 784. The van der Waals surface area contributed by atoms with Gasteiger partial charge in [0.25, 0.3) is 0 Å². The number of hydrogen-bond donors (Lipinski definition) is 2. The highest BCUT2D eigenvalue weighted by molar-refractivity contribution is 5.85. The molecular formula is C16H15N5. The Morgan fingerprint density at radius 2 is 1.86 bits per heavy atom. The Morgan fingerprint density at radius 1 is 1.00 bits per heavy atom. The fourth-order valence-electron chi connectivity index (χ4n) is 2.14. The molecule has 0 amide bonds. The van der Waals surface area contributed by atoms with Gasteiger partial charge < -0.3 is 11.5 Å². The summed E-state index contributed by atoms with van der Waals surface area (Å²) in [5, 5.41) is 0. The van der Waals surface area contributed by atoms with Crippen molar-refractivity contribution in [3.05, 3.63) is 54.5 Å². The van der Waals surface area contributed by atoms with Crippen molar-refractivity contribution in [2.24, 2.45) is 0 Å². The second-order valence-electron chi connectivity index (χ2n) is 4.77. The number of hydrogen-bond acceptors (Lipinski definition) is 5. The molecule has 0 fully saturated rings. The van der Waals surface area contributed by atoms with Gasteiger partial charge in [-0.1, -0.05) is 6.07 Å². The predicted octanol–water partition coefficient (Wildman–Crippen LogP) is 2.68. The molecule has 4 N–H and O–H groups in total. The number of anilines is 2. The first-order valence-corrected chi connectivity index (χ1v) is 6.55. The summed E-state index contributed by atoms with van der Waals surface area (Å²) in [6.07, 6.45) is 5.18. The van der Waals surface area contributed by atoms with Crippen LogP contribution in [0.1, 0.15) is 5.56 Å². The van der Waals surface area contributed by atoms with Crippen LogP contribution in [0.2, 0.25) is 0 Å². The minimum atomic E-state index is 0.523. The van der Waals surface area contributed by atoms with Gasteiger partial charge in [0.1, 0.15) is 0 Å². The summed E-state index contributed by atoms with van der Waals surface area (Å²) >= 11 is 0.